The summed E-state index contributed by atoms with van der Waals surface area (Å²) in [5.41, 5.74) is 0.193. The molecule has 10 heteroatoms. The van der Waals surface area contributed by atoms with Crippen molar-refractivity contribution in [1.82, 2.24) is 0 Å². The molecule has 2 aromatic rings. The van der Waals surface area contributed by atoms with Gasteiger partial charge in [-0.05, 0) is 35.4 Å². The van der Waals surface area contributed by atoms with E-state index < -0.39 is 34.6 Å². The van der Waals surface area contributed by atoms with Gasteiger partial charge in [0, 0.05) is 11.4 Å². The lowest BCUT2D eigenvalue weighted by molar-refractivity contribution is -0.139. The molecule has 24 heavy (non-hydrogen) atoms. The normalized spacial score (nSPS) is 12.2. The number of hydrogen-bond donors (Lipinski definition) is 4. The lowest BCUT2D eigenvalue weighted by Crippen LogP contribution is -2.14. The fraction of sp³-hybridized carbons (Fsp3) is 0.143. The lowest BCUT2D eigenvalue weighted by Gasteiger charge is -2.19. The van der Waals surface area contributed by atoms with Gasteiger partial charge < -0.3 is 10.9 Å². The molecule has 0 saturated heterocycles. The van der Waals surface area contributed by atoms with Gasteiger partial charge in [0.2, 0.25) is 0 Å². The van der Waals surface area contributed by atoms with E-state index in [1.807, 2.05) is 10.9 Å². The second-order valence-electron chi connectivity index (χ2n) is 4.80. The SMILES string of the molecule is NNc1ccc(-c2ccc(NN)cc2C(F)(F)F)c(C(F)(F)F)c1. The quantitative estimate of drug-likeness (QED) is 0.384. The zero-order chi connectivity index (χ0) is 18.1. The van der Waals surface area contributed by atoms with E-state index in [2.05, 4.69) is 0 Å². The molecule has 0 fully saturated rings. The summed E-state index contributed by atoms with van der Waals surface area (Å²) in [5.74, 6) is 10.1. The Hall–Kier alpha value is -2.46. The van der Waals surface area contributed by atoms with Crippen molar-refractivity contribution >= 4 is 11.4 Å². The highest BCUT2D eigenvalue weighted by Crippen LogP contribution is 2.44. The van der Waals surface area contributed by atoms with Gasteiger partial charge in [0.05, 0.1) is 11.1 Å². The third kappa shape index (κ3) is 3.54. The van der Waals surface area contributed by atoms with E-state index in [1.165, 1.54) is 0 Å². The van der Waals surface area contributed by atoms with E-state index in [1.54, 1.807) is 0 Å². The van der Waals surface area contributed by atoms with Crippen LogP contribution in [-0.2, 0) is 12.4 Å². The highest BCUT2D eigenvalue weighted by atomic mass is 19.4. The van der Waals surface area contributed by atoms with Crippen LogP contribution in [0.2, 0.25) is 0 Å². The fourth-order valence-electron chi connectivity index (χ4n) is 2.21. The summed E-state index contributed by atoms with van der Waals surface area (Å²) in [6, 6.07) is 5.45. The zero-order valence-corrected chi connectivity index (χ0v) is 11.9. The smallest absolute Gasteiger partial charge is 0.324 e. The van der Waals surface area contributed by atoms with Gasteiger partial charge in [0.15, 0.2) is 0 Å². The van der Waals surface area contributed by atoms with Crippen LogP contribution in [0.5, 0.6) is 0 Å². The summed E-state index contributed by atoms with van der Waals surface area (Å²) in [6.07, 6.45) is -9.73. The monoisotopic (exact) mass is 350 g/mol. The Morgan fingerprint density at radius 2 is 0.958 bits per heavy atom. The van der Waals surface area contributed by atoms with Crippen molar-refractivity contribution in [3.8, 4) is 11.1 Å². The first kappa shape index (κ1) is 17.9. The molecule has 0 atom stereocenters. The predicted molar refractivity (Wildman–Crippen MR) is 77.5 cm³/mol. The average Bonchev–Trinajstić information content (AvgIpc) is 2.52. The molecule has 2 rings (SSSR count). The fourth-order valence-corrected chi connectivity index (χ4v) is 2.21. The molecule has 130 valence electrons. The van der Waals surface area contributed by atoms with Gasteiger partial charge in [-0.15, -0.1) is 0 Å². The first-order valence-corrected chi connectivity index (χ1v) is 6.44. The van der Waals surface area contributed by atoms with Crippen LogP contribution in [0.4, 0.5) is 37.7 Å². The Kier molecular flexibility index (Phi) is 4.63. The van der Waals surface area contributed by atoms with E-state index in [9.17, 15) is 26.3 Å². The van der Waals surface area contributed by atoms with Crippen LogP contribution >= 0.6 is 0 Å². The van der Waals surface area contributed by atoms with Crippen LogP contribution in [-0.4, -0.2) is 0 Å². The molecule has 0 heterocycles. The first-order chi connectivity index (χ1) is 11.1. The maximum Gasteiger partial charge on any atom is 0.417 e. The number of hydrogen-bond acceptors (Lipinski definition) is 4. The molecule has 0 aliphatic rings. The second kappa shape index (κ2) is 6.21. The molecule has 0 radical (unpaired) electrons. The number of rotatable bonds is 3. The van der Waals surface area contributed by atoms with Crippen LogP contribution in [0, 0.1) is 0 Å². The van der Waals surface area contributed by atoms with Gasteiger partial charge >= 0.3 is 12.4 Å². The topological polar surface area (TPSA) is 76.1 Å². The molecule has 0 aromatic heterocycles. The van der Waals surface area contributed by atoms with Crippen LogP contribution in [0.15, 0.2) is 36.4 Å². The Morgan fingerprint density at radius 1 is 0.625 bits per heavy atom. The van der Waals surface area contributed by atoms with Crippen molar-refractivity contribution in [2.45, 2.75) is 12.4 Å². The number of benzene rings is 2. The number of halogens is 6. The largest absolute Gasteiger partial charge is 0.417 e. The third-order valence-electron chi connectivity index (χ3n) is 3.27. The van der Waals surface area contributed by atoms with Gasteiger partial charge in [-0.1, -0.05) is 12.1 Å². The Bertz CT molecular complexity index is 676. The molecule has 4 nitrogen and oxygen atoms in total. The van der Waals surface area contributed by atoms with Gasteiger partial charge in [0.1, 0.15) is 0 Å². The van der Waals surface area contributed by atoms with E-state index in [0.29, 0.717) is 12.1 Å². The highest BCUT2D eigenvalue weighted by Gasteiger charge is 2.38. The van der Waals surface area contributed by atoms with Crippen LogP contribution in [0.3, 0.4) is 0 Å². The van der Waals surface area contributed by atoms with E-state index in [-0.39, 0.29) is 11.4 Å². The predicted octanol–water partition coefficient (Wildman–Crippen LogP) is 3.96. The minimum atomic E-state index is -4.87. The number of nitrogens with two attached hydrogens (primary N) is 2. The minimum absolute atomic E-state index is 0.0834. The minimum Gasteiger partial charge on any atom is -0.324 e. The van der Waals surface area contributed by atoms with Crippen LogP contribution < -0.4 is 22.5 Å². The maximum absolute atomic E-state index is 13.2. The van der Waals surface area contributed by atoms with Crippen molar-refractivity contribution in [2.24, 2.45) is 11.7 Å². The maximum atomic E-state index is 13.2. The average molecular weight is 350 g/mol. The third-order valence-corrected chi connectivity index (χ3v) is 3.27. The molecule has 2 aromatic carbocycles. The summed E-state index contributed by atoms with van der Waals surface area (Å²) in [5, 5.41) is 0. The molecule has 0 amide bonds. The van der Waals surface area contributed by atoms with Crippen molar-refractivity contribution in [3.05, 3.63) is 47.5 Å². The molecular weight excluding hydrogens is 338 g/mol. The molecule has 0 saturated carbocycles. The van der Waals surface area contributed by atoms with E-state index in [4.69, 9.17) is 11.7 Å². The molecule has 0 bridgehead atoms. The summed E-state index contributed by atoms with van der Waals surface area (Å²) in [7, 11) is 0. The Labute approximate surface area is 132 Å². The first-order valence-electron chi connectivity index (χ1n) is 6.44. The van der Waals surface area contributed by atoms with E-state index in [0.717, 1.165) is 24.3 Å². The lowest BCUT2D eigenvalue weighted by atomic mass is 9.94. The Morgan fingerprint density at radius 3 is 1.21 bits per heavy atom. The van der Waals surface area contributed by atoms with Crippen molar-refractivity contribution < 1.29 is 26.3 Å². The van der Waals surface area contributed by atoms with Crippen molar-refractivity contribution in [1.29, 1.82) is 0 Å². The summed E-state index contributed by atoms with van der Waals surface area (Å²) in [4.78, 5) is 0. The summed E-state index contributed by atoms with van der Waals surface area (Å²) < 4.78 is 79.5. The molecule has 0 unspecified atom stereocenters. The molecule has 0 aliphatic carbocycles. The zero-order valence-electron chi connectivity index (χ0n) is 11.9. The van der Waals surface area contributed by atoms with Crippen LogP contribution in [0.25, 0.3) is 11.1 Å². The molecule has 0 aliphatic heterocycles. The van der Waals surface area contributed by atoms with Crippen molar-refractivity contribution in [2.75, 3.05) is 10.9 Å². The standard InChI is InChI=1S/C14H12F6N4/c15-13(16,17)11-5-7(23-21)1-3-9(11)10-4-2-8(24-22)6-12(10)14(18,19)20/h1-6,23-24H,21-22H2. The van der Waals surface area contributed by atoms with E-state index >= 15 is 0 Å². The van der Waals surface area contributed by atoms with Crippen molar-refractivity contribution in [3.63, 3.8) is 0 Å². The molecule has 0 spiro atoms. The number of anilines is 2. The Balaban J connectivity index is 2.77. The van der Waals surface area contributed by atoms with Crippen LogP contribution in [0.1, 0.15) is 11.1 Å². The number of hydrazine groups is 2. The number of nitrogen functional groups attached to an aromatic ring is 2. The van der Waals surface area contributed by atoms with Gasteiger partial charge in [-0.25, -0.2) is 0 Å². The summed E-state index contributed by atoms with van der Waals surface area (Å²) in [6.45, 7) is 0. The number of alkyl halides is 6. The number of nitrogens with one attached hydrogen (secondary N) is 2. The summed E-state index contributed by atoms with van der Waals surface area (Å²) >= 11 is 0. The highest BCUT2D eigenvalue weighted by molar-refractivity contribution is 5.76. The van der Waals surface area contributed by atoms with Gasteiger partial charge in [-0.2, -0.15) is 26.3 Å². The molecular formula is C14H12F6N4. The van der Waals surface area contributed by atoms with Gasteiger partial charge in [-0.3, -0.25) is 11.7 Å². The van der Waals surface area contributed by atoms with Gasteiger partial charge in [0.25, 0.3) is 0 Å². The second-order valence-corrected chi connectivity index (χ2v) is 4.80. The molecule has 6 N–H and O–H groups in total.